The molecule has 2 aromatic rings. The minimum atomic E-state index is -2.35. The third-order valence-electron chi connectivity index (χ3n) is 2.87. The predicted molar refractivity (Wildman–Crippen MR) is 70.0 cm³/mol. The highest BCUT2D eigenvalue weighted by molar-refractivity contribution is 6.31. The summed E-state index contributed by atoms with van der Waals surface area (Å²) >= 11 is 5.67. The smallest absolute Gasteiger partial charge is 0.229 e. The third-order valence-corrected chi connectivity index (χ3v) is 3.23. The lowest BCUT2D eigenvalue weighted by molar-refractivity contribution is -0.115. The van der Waals surface area contributed by atoms with Crippen molar-refractivity contribution in [1.82, 2.24) is 0 Å². The highest BCUT2D eigenvalue weighted by Crippen LogP contribution is 2.27. The lowest BCUT2D eigenvalue weighted by atomic mass is 10.1. The number of hydrogen-bond acceptors (Lipinski definition) is 1. The summed E-state index contributed by atoms with van der Waals surface area (Å²) < 4.78 is 79.3. The molecule has 0 aliphatic heterocycles. The van der Waals surface area contributed by atoms with Gasteiger partial charge in [-0.3, -0.25) is 4.79 Å². The summed E-state index contributed by atoms with van der Waals surface area (Å²) in [5, 5.41) is 1.40. The summed E-state index contributed by atoms with van der Waals surface area (Å²) in [7, 11) is 0. The van der Waals surface area contributed by atoms with Crippen LogP contribution in [-0.4, -0.2) is 5.91 Å². The predicted octanol–water partition coefficient (Wildman–Crippen LogP) is 4.36. The van der Waals surface area contributed by atoms with Gasteiger partial charge < -0.3 is 5.32 Å². The van der Waals surface area contributed by atoms with Gasteiger partial charge in [-0.25, -0.2) is 26.3 Å². The van der Waals surface area contributed by atoms with Crippen LogP contribution in [0.3, 0.4) is 0 Å². The number of hydrogen-bond donors (Lipinski definition) is 1. The van der Waals surface area contributed by atoms with E-state index in [1.165, 1.54) is 17.4 Å². The van der Waals surface area contributed by atoms with Crippen LogP contribution in [-0.2, 0) is 11.2 Å². The largest absolute Gasteiger partial charge is 0.321 e. The van der Waals surface area contributed by atoms with Crippen molar-refractivity contribution in [1.29, 1.82) is 0 Å². The molecule has 1 N–H and O–H groups in total. The summed E-state index contributed by atoms with van der Waals surface area (Å²) in [4.78, 5) is 11.7. The number of rotatable bonds is 3. The fourth-order valence-electron chi connectivity index (χ4n) is 1.76. The second kappa shape index (κ2) is 6.49. The normalized spacial score (nSPS) is 10.7. The van der Waals surface area contributed by atoms with Gasteiger partial charge in [0, 0.05) is 10.6 Å². The molecule has 122 valence electrons. The van der Waals surface area contributed by atoms with Gasteiger partial charge in [0.15, 0.2) is 23.3 Å². The molecule has 2 rings (SSSR count). The van der Waals surface area contributed by atoms with Crippen molar-refractivity contribution in [2.75, 3.05) is 5.32 Å². The molecular formula is C14H6ClF6NO. The summed E-state index contributed by atoms with van der Waals surface area (Å²) in [6.07, 6.45) is -0.759. The van der Waals surface area contributed by atoms with Gasteiger partial charge in [0.25, 0.3) is 0 Å². The maximum Gasteiger partial charge on any atom is 0.229 e. The molecule has 0 saturated carbocycles. The molecule has 0 radical (unpaired) electrons. The van der Waals surface area contributed by atoms with E-state index in [4.69, 9.17) is 11.6 Å². The van der Waals surface area contributed by atoms with Gasteiger partial charge in [-0.05, 0) is 12.1 Å². The highest BCUT2D eigenvalue weighted by Gasteiger charge is 2.27. The van der Waals surface area contributed by atoms with E-state index in [2.05, 4.69) is 0 Å². The van der Waals surface area contributed by atoms with E-state index >= 15 is 0 Å². The van der Waals surface area contributed by atoms with Crippen molar-refractivity contribution in [2.45, 2.75) is 6.42 Å². The van der Waals surface area contributed by atoms with E-state index in [0.29, 0.717) is 0 Å². The Labute approximate surface area is 130 Å². The fourth-order valence-corrected chi connectivity index (χ4v) is 1.99. The van der Waals surface area contributed by atoms with Crippen LogP contribution in [0.5, 0.6) is 0 Å². The maximum absolute atomic E-state index is 13.5. The van der Waals surface area contributed by atoms with Crippen molar-refractivity contribution in [3.8, 4) is 0 Å². The third kappa shape index (κ3) is 3.26. The average Bonchev–Trinajstić information content (AvgIpc) is 2.51. The van der Waals surface area contributed by atoms with E-state index in [0.717, 1.165) is 6.07 Å². The molecular weight excluding hydrogens is 348 g/mol. The van der Waals surface area contributed by atoms with E-state index in [1.54, 1.807) is 0 Å². The minimum absolute atomic E-state index is 0.127. The number of carbonyl (C=O) groups is 1. The van der Waals surface area contributed by atoms with Gasteiger partial charge in [-0.2, -0.15) is 0 Å². The number of benzene rings is 2. The van der Waals surface area contributed by atoms with Crippen LogP contribution >= 0.6 is 11.6 Å². The Morgan fingerprint density at radius 2 is 1.43 bits per heavy atom. The van der Waals surface area contributed by atoms with E-state index < -0.39 is 52.9 Å². The Morgan fingerprint density at radius 1 is 0.913 bits per heavy atom. The van der Waals surface area contributed by atoms with Crippen molar-refractivity contribution in [2.24, 2.45) is 0 Å². The summed E-state index contributed by atoms with van der Waals surface area (Å²) in [6, 6.07) is 3.53. The minimum Gasteiger partial charge on any atom is -0.321 e. The summed E-state index contributed by atoms with van der Waals surface area (Å²) in [6.45, 7) is 0. The van der Waals surface area contributed by atoms with Crippen LogP contribution in [0.25, 0.3) is 0 Å². The Bertz CT molecular complexity index is 746. The van der Waals surface area contributed by atoms with Gasteiger partial charge in [0.2, 0.25) is 11.7 Å². The number of amides is 1. The zero-order valence-corrected chi connectivity index (χ0v) is 11.7. The molecule has 0 spiro atoms. The molecule has 2 aromatic carbocycles. The van der Waals surface area contributed by atoms with Gasteiger partial charge in [-0.15, -0.1) is 0 Å². The SMILES string of the molecule is O=C(Cc1c(F)cccc1Cl)Nc1c(F)c(F)c(F)c(F)c1F. The summed E-state index contributed by atoms with van der Waals surface area (Å²) in [5.74, 6) is -13.2. The second-order valence-corrected chi connectivity index (χ2v) is 4.78. The molecule has 1 amide bonds. The molecule has 0 saturated heterocycles. The lowest BCUT2D eigenvalue weighted by Crippen LogP contribution is -2.19. The molecule has 0 heterocycles. The monoisotopic (exact) mass is 353 g/mol. The standard InChI is InChI=1S/C14H6ClF6NO/c15-6-2-1-3-7(16)5(6)4-8(23)22-14-12(20)10(18)9(17)11(19)13(14)21/h1-3H,4H2,(H,22,23). The van der Waals surface area contributed by atoms with Gasteiger partial charge >= 0.3 is 0 Å². The topological polar surface area (TPSA) is 29.1 Å². The van der Waals surface area contributed by atoms with Crippen LogP contribution in [0.4, 0.5) is 32.0 Å². The first-order valence-corrected chi connectivity index (χ1v) is 6.36. The molecule has 0 atom stereocenters. The van der Waals surface area contributed by atoms with Gasteiger partial charge in [-0.1, -0.05) is 17.7 Å². The number of anilines is 1. The van der Waals surface area contributed by atoms with Crippen LogP contribution in [0.1, 0.15) is 5.56 Å². The molecule has 0 aliphatic rings. The Kier molecular flexibility index (Phi) is 4.84. The van der Waals surface area contributed by atoms with E-state index in [-0.39, 0.29) is 10.6 Å². The zero-order valence-electron chi connectivity index (χ0n) is 11.0. The maximum atomic E-state index is 13.5. The Hall–Kier alpha value is -2.22. The first-order chi connectivity index (χ1) is 10.7. The zero-order chi connectivity index (χ0) is 17.3. The van der Waals surface area contributed by atoms with Crippen LogP contribution in [0.15, 0.2) is 18.2 Å². The molecule has 0 aliphatic carbocycles. The quantitative estimate of drug-likeness (QED) is 0.496. The number of halogens is 7. The van der Waals surface area contributed by atoms with E-state index in [9.17, 15) is 31.1 Å². The molecule has 2 nitrogen and oxygen atoms in total. The van der Waals surface area contributed by atoms with Gasteiger partial charge in [0.05, 0.1) is 6.42 Å². The summed E-state index contributed by atoms with van der Waals surface area (Å²) in [5.41, 5.74) is -1.80. The van der Waals surface area contributed by atoms with Gasteiger partial charge in [0.1, 0.15) is 11.5 Å². The van der Waals surface area contributed by atoms with Crippen molar-refractivity contribution >= 4 is 23.2 Å². The van der Waals surface area contributed by atoms with Crippen molar-refractivity contribution in [3.63, 3.8) is 0 Å². The molecule has 9 heteroatoms. The second-order valence-electron chi connectivity index (χ2n) is 4.37. The average molecular weight is 354 g/mol. The fraction of sp³-hybridized carbons (Fsp3) is 0.0714. The van der Waals surface area contributed by atoms with E-state index in [1.807, 2.05) is 0 Å². The van der Waals surface area contributed by atoms with Crippen molar-refractivity contribution in [3.05, 3.63) is 63.7 Å². The van der Waals surface area contributed by atoms with Crippen LogP contribution in [0, 0.1) is 34.9 Å². The highest BCUT2D eigenvalue weighted by atomic mass is 35.5. The Morgan fingerprint density at radius 3 is 1.96 bits per heavy atom. The van der Waals surface area contributed by atoms with Crippen LogP contribution < -0.4 is 5.32 Å². The number of nitrogens with one attached hydrogen (secondary N) is 1. The molecule has 0 bridgehead atoms. The Balaban J connectivity index is 2.32. The molecule has 0 aromatic heterocycles. The molecule has 0 unspecified atom stereocenters. The van der Waals surface area contributed by atoms with Crippen LogP contribution in [0.2, 0.25) is 5.02 Å². The number of carbonyl (C=O) groups excluding carboxylic acids is 1. The molecule has 0 fully saturated rings. The van der Waals surface area contributed by atoms with Crippen molar-refractivity contribution < 1.29 is 31.1 Å². The first kappa shape index (κ1) is 17.1. The lowest BCUT2D eigenvalue weighted by Gasteiger charge is -2.10. The molecule has 23 heavy (non-hydrogen) atoms. The first-order valence-electron chi connectivity index (χ1n) is 5.98.